The smallest absolute Gasteiger partial charge is 0.306 e. The standard InChI is InChI=1S/C52H99NO5/c1-4-7-10-13-16-19-21-23-25-27-28-30-32-35-38-41-44-50(55)49(47-54)53-51(56)46-48(43-40-37-34-18-15-12-9-6-3)58-52(57)45-42-39-36-33-31-29-26-24-22-20-17-14-11-8-5-2/h12,15,20,22,48-50,54-55H,4-11,13-14,16-19,21,23-47H2,1-3H3,(H,53,56)/b15-12-,22-20-. The van der Waals surface area contributed by atoms with Gasteiger partial charge < -0.3 is 20.3 Å². The Morgan fingerprint density at radius 2 is 0.862 bits per heavy atom. The van der Waals surface area contributed by atoms with Crippen molar-refractivity contribution in [2.45, 2.75) is 289 Å². The average Bonchev–Trinajstić information content (AvgIpc) is 3.22. The van der Waals surface area contributed by atoms with Gasteiger partial charge in [-0.2, -0.15) is 0 Å². The number of allylic oxidation sites excluding steroid dienone is 4. The third-order valence-corrected chi connectivity index (χ3v) is 11.7. The van der Waals surface area contributed by atoms with Gasteiger partial charge in [0.1, 0.15) is 6.10 Å². The van der Waals surface area contributed by atoms with Crippen molar-refractivity contribution in [3.8, 4) is 0 Å². The molecule has 0 aromatic carbocycles. The fourth-order valence-corrected chi connectivity index (χ4v) is 7.84. The van der Waals surface area contributed by atoms with Crippen LogP contribution in [0, 0.1) is 0 Å². The molecule has 342 valence electrons. The lowest BCUT2D eigenvalue weighted by molar-refractivity contribution is -0.151. The fraction of sp³-hybridized carbons (Fsp3) is 0.885. The predicted molar refractivity (Wildman–Crippen MR) is 250 cm³/mol. The quantitative estimate of drug-likeness (QED) is 0.0323. The van der Waals surface area contributed by atoms with E-state index in [-0.39, 0.29) is 24.9 Å². The maximum Gasteiger partial charge on any atom is 0.306 e. The number of carbonyl (C=O) groups is 2. The van der Waals surface area contributed by atoms with Crippen molar-refractivity contribution >= 4 is 11.9 Å². The predicted octanol–water partition coefficient (Wildman–Crippen LogP) is 15.1. The van der Waals surface area contributed by atoms with Gasteiger partial charge in [-0.05, 0) is 70.6 Å². The van der Waals surface area contributed by atoms with Crippen LogP contribution in [0.2, 0.25) is 0 Å². The van der Waals surface area contributed by atoms with Gasteiger partial charge in [-0.3, -0.25) is 9.59 Å². The molecule has 0 aromatic heterocycles. The molecule has 3 unspecified atom stereocenters. The van der Waals surface area contributed by atoms with Crippen LogP contribution in [0.1, 0.15) is 271 Å². The van der Waals surface area contributed by atoms with Crippen LogP contribution in [0.4, 0.5) is 0 Å². The molecule has 3 N–H and O–H groups in total. The summed E-state index contributed by atoms with van der Waals surface area (Å²) in [6.07, 6.45) is 52.5. The van der Waals surface area contributed by atoms with E-state index in [9.17, 15) is 19.8 Å². The highest BCUT2D eigenvalue weighted by molar-refractivity contribution is 5.77. The maximum absolute atomic E-state index is 13.1. The lowest BCUT2D eigenvalue weighted by Crippen LogP contribution is -2.46. The first-order chi connectivity index (χ1) is 28.5. The Bertz CT molecular complexity index is 919. The van der Waals surface area contributed by atoms with E-state index in [1.165, 1.54) is 154 Å². The van der Waals surface area contributed by atoms with E-state index in [1.54, 1.807) is 0 Å². The highest BCUT2D eigenvalue weighted by atomic mass is 16.5. The summed E-state index contributed by atoms with van der Waals surface area (Å²) in [5.74, 6) is -0.489. The van der Waals surface area contributed by atoms with Gasteiger partial charge in [0.25, 0.3) is 0 Å². The third kappa shape index (κ3) is 41.1. The monoisotopic (exact) mass is 818 g/mol. The zero-order chi connectivity index (χ0) is 42.4. The molecule has 0 aromatic rings. The molecule has 0 rings (SSSR count). The molecule has 0 heterocycles. The molecule has 0 aliphatic carbocycles. The van der Waals surface area contributed by atoms with Crippen LogP contribution in [0.25, 0.3) is 0 Å². The first-order valence-corrected chi connectivity index (χ1v) is 25.6. The largest absolute Gasteiger partial charge is 0.462 e. The van der Waals surface area contributed by atoms with E-state index in [4.69, 9.17) is 4.74 Å². The van der Waals surface area contributed by atoms with Gasteiger partial charge in [-0.15, -0.1) is 0 Å². The van der Waals surface area contributed by atoms with Crippen molar-refractivity contribution in [2.24, 2.45) is 0 Å². The van der Waals surface area contributed by atoms with Crippen molar-refractivity contribution < 1.29 is 24.5 Å². The summed E-state index contributed by atoms with van der Waals surface area (Å²) >= 11 is 0. The number of amides is 1. The molecule has 0 aliphatic heterocycles. The second kappa shape index (κ2) is 46.4. The summed E-state index contributed by atoms with van der Waals surface area (Å²) in [5.41, 5.74) is 0. The molecule has 1 amide bonds. The Kier molecular flexibility index (Phi) is 45.1. The van der Waals surface area contributed by atoms with Crippen LogP contribution in [0.3, 0.4) is 0 Å². The van der Waals surface area contributed by atoms with Crippen molar-refractivity contribution in [2.75, 3.05) is 6.61 Å². The third-order valence-electron chi connectivity index (χ3n) is 11.7. The van der Waals surface area contributed by atoms with E-state index in [1.807, 2.05) is 0 Å². The number of rotatable bonds is 46. The van der Waals surface area contributed by atoms with E-state index in [2.05, 4.69) is 50.4 Å². The molecule has 58 heavy (non-hydrogen) atoms. The Labute approximate surface area is 361 Å². The molecule has 3 atom stereocenters. The van der Waals surface area contributed by atoms with Crippen molar-refractivity contribution in [1.82, 2.24) is 5.32 Å². The molecule has 0 radical (unpaired) electrons. The SMILES string of the molecule is CCC/C=C\CCCCCC(CC(=O)NC(CO)C(O)CCCCCCCCCCCCCCCCCC)OC(=O)CCCCCCCCC/C=C\CCCCCC. The molecule has 0 saturated heterocycles. The highest BCUT2D eigenvalue weighted by Gasteiger charge is 2.24. The summed E-state index contributed by atoms with van der Waals surface area (Å²) in [4.78, 5) is 26.0. The first-order valence-electron chi connectivity index (χ1n) is 25.6. The second-order valence-corrected chi connectivity index (χ2v) is 17.6. The van der Waals surface area contributed by atoms with Crippen LogP contribution in [-0.2, 0) is 14.3 Å². The number of aliphatic hydroxyl groups is 2. The van der Waals surface area contributed by atoms with Crippen molar-refractivity contribution in [3.05, 3.63) is 24.3 Å². The number of unbranched alkanes of at least 4 members (excludes halogenated alkanes) is 30. The molecule has 0 aliphatic rings. The molecule has 6 nitrogen and oxygen atoms in total. The normalized spacial score (nSPS) is 13.4. The minimum Gasteiger partial charge on any atom is -0.462 e. The molecule has 6 heteroatoms. The second-order valence-electron chi connectivity index (χ2n) is 17.6. The Hall–Kier alpha value is -1.66. The minimum absolute atomic E-state index is 0.0679. The van der Waals surface area contributed by atoms with Crippen LogP contribution in [0.5, 0.6) is 0 Å². The van der Waals surface area contributed by atoms with Crippen molar-refractivity contribution in [3.63, 3.8) is 0 Å². The van der Waals surface area contributed by atoms with Crippen LogP contribution in [0.15, 0.2) is 24.3 Å². The van der Waals surface area contributed by atoms with E-state index in [0.717, 1.165) is 70.6 Å². The van der Waals surface area contributed by atoms with E-state index >= 15 is 0 Å². The molecule has 0 saturated carbocycles. The zero-order valence-corrected chi connectivity index (χ0v) is 38.9. The Balaban J connectivity index is 4.38. The number of nitrogens with one attached hydrogen (secondary N) is 1. The minimum atomic E-state index is -0.788. The summed E-state index contributed by atoms with van der Waals surface area (Å²) in [5, 5.41) is 23.7. The van der Waals surface area contributed by atoms with Gasteiger partial charge in [-0.25, -0.2) is 0 Å². The van der Waals surface area contributed by atoms with Gasteiger partial charge >= 0.3 is 5.97 Å². The summed E-state index contributed by atoms with van der Waals surface area (Å²) in [7, 11) is 0. The van der Waals surface area contributed by atoms with Gasteiger partial charge in [0.2, 0.25) is 5.91 Å². The number of aliphatic hydroxyl groups excluding tert-OH is 2. The van der Waals surface area contributed by atoms with Gasteiger partial charge in [0, 0.05) is 6.42 Å². The lowest BCUT2D eigenvalue weighted by atomic mass is 10.0. The van der Waals surface area contributed by atoms with E-state index < -0.39 is 18.2 Å². The number of esters is 1. The van der Waals surface area contributed by atoms with Gasteiger partial charge in [0.15, 0.2) is 0 Å². The van der Waals surface area contributed by atoms with Crippen LogP contribution >= 0.6 is 0 Å². The maximum atomic E-state index is 13.1. The Morgan fingerprint density at radius 3 is 1.33 bits per heavy atom. The van der Waals surface area contributed by atoms with Gasteiger partial charge in [-0.1, -0.05) is 212 Å². The number of carbonyl (C=O) groups excluding carboxylic acids is 2. The number of ether oxygens (including phenoxy) is 1. The molecular formula is C52H99NO5. The topological polar surface area (TPSA) is 95.9 Å². The number of hydrogen-bond donors (Lipinski definition) is 3. The zero-order valence-electron chi connectivity index (χ0n) is 38.9. The first kappa shape index (κ1) is 56.3. The molecule has 0 spiro atoms. The van der Waals surface area contributed by atoms with Crippen molar-refractivity contribution in [1.29, 1.82) is 0 Å². The van der Waals surface area contributed by atoms with Gasteiger partial charge in [0.05, 0.1) is 25.2 Å². The summed E-state index contributed by atoms with van der Waals surface area (Å²) in [6, 6.07) is -0.702. The van der Waals surface area contributed by atoms with E-state index in [0.29, 0.717) is 19.3 Å². The fourth-order valence-electron chi connectivity index (χ4n) is 7.84. The Morgan fingerprint density at radius 1 is 0.483 bits per heavy atom. The summed E-state index contributed by atoms with van der Waals surface area (Å²) in [6.45, 7) is 6.41. The number of hydrogen-bond acceptors (Lipinski definition) is 5. The molecule has 0 bridgehead atoms. The van der Waals surface area contributed by atoms with Crippen LogP contribution < -0.4 is 5.32 Å². The highest BCUT2D eigenvalue weighted by Crippen LogP contribution is 2.18. The summed E-state index contributed by atoms with van der Waals surface area (Å²) < 4.78 is 5.89. The lowest BCUT2D eigenvalue weighted by Gasteiger charge is -2.24. The molecule has 0 fully saturated rings. The average molecular weight is 818 g/mol. The van der Waals surface area contributed by atoms with Crippen LogP contribution in [-0.4, -0.2) is 46.9 Å². The molecular weight excluding hydrogens is 719 g/mol.